The highest BCUT2D eigenvalue weighted by molar-refractivity contribution is 6.74. The molecule has 0 aromatic heterocycles. The van der Waals surface area contributed by atoms with E-state index >= 15 is 0 Å². The Morgan fingerprint density at radius 1 is 1.26 bits per heavy atom. The van der Waals surface area contributed by atoms with E-state index in [9.17, 15) is 9.59 Å². The number of fused-ring (bicyclic) bond motifs is 1. The van der Waals surface area contributed by atoms with Crippen LogP contribution in [-0.2, 0) is 14.0 Å². The van der Waals surface area contributed by atoms with Crippen LogP contribution in [-0.4, -0.2) is 26.0 Å². The molecule has 4 atom stereocenters. The van der Waals surface area contributed by atoms with Gasteiger partial charge >= 0.3 is 0 Å². The zero-order chi connectivity index (χ0) is 17.2. The first-order chi connectivity index (χ1) is 10.5. The lowest BCUT2D eigenvalue weighted by Gasteiger charge is -2.48. The lowest BCUT2D eigenvalue weighted by atomic mass is 9.59. The lowest BCUT2D eigenvalue weighted by Crippen LogP contribution is -2.54. The van der Waals surface area contributed by atoms with Gasteiger partial charge in [0, 0.05) is 18.8 Å². The molecule has 0 aromatic rings. The molecule has 0 heterocycles. The van der Waals surface area contributed by atoms with Crippen LogP contribution in [0.2, 0.25) is 18.1 Å². The molecule has 3 rings (SSSR count). The number of ketones is 2. The quantitative estimate of drug-likeness (QED) is 0.559. The maximum Gasteiger partial charge on any atom is 0.192 e. The Labute approximate surface area is 141 Å². The number of hydrogen-bond acceptors (Lipinski definition) is 3. The van der Waals surface area contributed by atoms with Crippen LogP contribution < -0.4 is 0 Å². The average Bonchev–Trinajstić information content (AvgIpc) is 2.66. The molecule has 0 amide bonds. The third-order valence-electron chi connectivity index (χ3n) is 7.05. The molecule has 3 aliphatic rings. The highest BCUT2D eigenvalue weighted by atomic mass is 28.4. The summed E-state index contributed by atoms with van der Waals surface area (Å²) in [6.07, 6.45) is 3.51. The Kier molecular flexibility index (Phi) is 3.81. The van der Waals surface area contributed by atoms with E-state index in [0.29, 0.717) is 25.0 Å². The average molecular weight is 335 g/mol. The van der Waals surface area contributed by atoms with Crippen molar-refractivity contribution < 1.29 is 14.0 Å². The fourth-order valence-electron chi connectivity index (χ4n) is 4.60. The minimum atomic E-state index is -2.03. The van der Waals surface area contributed by atoms with Gasteiger partial charge in [0.2, 0.25) is 0 Å². The monoisotopic (exact) mass is 334 g/mol. The second kappa shape index (κ2) is 5.12. The van der Waals surface area contributed by atoms with Gasteiger partial charge in [-0.2, -0.15) is 0 Å². The molecular formula is C19H30O3Si. The fourth-order valence-corrected chi connectivity index (χ4v) is 5.90. The van der Waals surface area contributed by atoms with Gasteiger partial charge in [-0.1, -0.05) is 27.4 Å². The van der Waals surface area contributed by atoms with Gasteiger partial charge in [-0.25, -0.2) is 0 Å². The van der Waals surface area contributed by atoms with E-state index in [1.54, 1.807) is 0 Å². The summed E-state index contributed by atoms with van der Waals surface area (Å²) in [7, 11) is -2.03. The molecule has 1 spiro atoms. The minimum Gasteiger partial charge on any atom is -0.409 e. The number of hydrogen-bond donors (Lipinski definition) is 0. The third kappa shape index (κ3) is 2.32. The van der Waals surface area contributed by atoms with Crippen molar-refractivity contribution >= 4 is 19.9 Å². The zero-order valence-corrected chi connectivity index (χ0v) is 16.2. The highest BCUT2D eigenvalue weighted by Gasteiger charge is 2.65. The molecule has 2 bridgehead atoms. The van der Waals surface area contributed by atoms with Gasteiger partial charge in [0.25, 0.3) is 0 Å². The molecule has 4 heteroatoms. The van der Waals surface area contributed by atoms with E-state index in [-0.39, 0.29) is 28.8 Å². The van der Waals surface area contributed by atoms with Crippen LogP contribution >= 0.6 is 0 Å². The van der Waals surface area contributed by atoms with Crippen LogP contribution in [0.25, 0.3) is 0 Å². The second-order valence-electron chi connectivity index (χ2n) is 9.31. The maximum absolute atomic E-state index is 13.0. The van der Waals surface area contributed by atoms with Crippen molar-refractivity contribution in [1.29, 1.82) is 0 Å². The molecule has 23 heavy (non-hydrogen) atoms. The van der Waals surface area contributed by atoms with Crippen LogP contribution in [0.3, 0.4) is 0 Å². The summed E-state index contributed by atoms with van der Waals surface area (Å²) in [6, 6.07) is 0. The smallest absolute Gasteiger partial charge is 0.192 e. The SMILES string of the molecule is C=C1C(O[Si](C)(C)C(C)(C)C)[C@]23C[C@H]1C(=O)CC2CCCC3=O. The molecule has 0 aromatic carbocycles. The fraction of sp³-hybridized carbons (Fsp3) is 0.789. The van der Waals surface area contributed by atoms with Gasteiger partial charge in [0.05, 0.1) is 11.5 Å². The first-order valence-corrected chi connectivity index (χ1v) is 11.8. The molecule has 3 aliphatic carbocycles. The summed E-state index contributed by atoms with van der Waals surface area (Å²) < 4.78 is 6.73. The summed E-state index contributed by atoms with van der Waals surface area (Å²) in [4.78, 5) is 25.5. The summed E-state index contributed by atoms with van der Waals surface area (Å²) in [5, 5.41) is 0.0812. The van der Waals surface area contributed by atoms with Gasteiger partial charge in [-0.15, -0.1) is 0 Å². The van der Waals surface area contributed by atoms with Crippen molar-refractivity contribution in [2.75, 3.05) is 0 Å². The first-order valence-electron chi connectivity index (χ1n) is 8.93. The molecular weight excluding hydrogens is 304 g/mol. The molecule has 128 valence electrons. The molecule has 3 fully saturated rings. The number of Topliss-reactive ketones (excluding diaryl/α,β-unsaturated/α-hetero) is 2. The van der Waals surface area contributed by atoms with Crippen LogP contribution in [0, 0.1) is 17.3 Å². The summed E-state index contributed by atoms with van der Waals surface area (Å²) in [6.45, 7) is 15.3. The van der Waals surface area contributed by atoms with Crippen LogP contribution in [0.5, 0.6) is 0 Å². The largest absolute Gasteiger partial charge is 0.409 e. The molecule has 3 saturated carbocycles. The molecule has 3 nitrogen and oxygen atoms in total. The minimum absolute atomic E-state index is 0.0812. The Morgan fingerprint density at radius 3 is 2.52 bits per heavy atom. The van der Waals surface area contributed by atoms with Crippen LogP contribution in [0.15, 0.2) is 12.2 Å². The van der Waals surface area contributed by atoms with Crippen molar-refractivity contribution in [1.82, 2.24) is 0 Å². The van der Waals surface area contributed by atoms with Gasteiger partial charge in [-0.3, -0.25) is 9.59 Å². The Hall–Kier alpha value is -0.743. The third-order valence-corrected chi connectivity index (χ3v) is 11.5. The summed E-state index contributed by atoms with van der Waals surface area (Å²) >= 11 is 0. The van der Waals surface area contributed by atoms with Crippen molar-refractivity contribution in [2.24, 2.45) is 17.3 Å². The summed E-state index contributed by atoms with van der Waals surface area (Å²) in [5.74, 6) is 0.629. The lowest BCUT2D eigenvalue weighted by molar-refractivity contribution is -0.146. The molecule has 2 unspecified atom stereocenters. The Balaban J connectivity index is 2.03. The molecule has 0 aliphatic heterocycles. The van der Waals surface area contributed by atoms with Gasteiger partial charge in [0.1, 0.15) is 11.6 Å². The van der Waals surface area contributed by atoms with Crippen molar-refractivity contribution in [3.05, 3.63) is 12.2 Å². The molecule has 0 saturated heterocycles. The Bertz CT molecular complexity index is 572. The van der Waals surface area contributed by atoms with E-state index in [1.165, 1.54) is 0 Å². The normalized spacial score (nSPS) is 38.0. The van der Waals surface area contributed by atoms with E-state index in [2.05, 4.69) is 40.4 Å². The number of carbonyl (C=O) groups is 2. The Morgan fingerprint density at radius 2 is 1.91 bits per heavy atom. The van der Waals surface area contributed by atoms with Crippen LogP contribution in [0.4, 0.5) is 0 Å². The number of rotatable bonds is 2. The van der Waals surface area contributed by atoms with Gasteiger partial charge in [-0.05, 0) is 48.9 Å². The predicted molar refractivity (Wildman–Crippen MR) is 93.7 cm³/mol. The topological polar surface area (TPSA) is 43.4 Å². The molecule has 0 N–H and O–H groups in total. The van der Waals surface area contributed by atoms with Crippen molar-refractivity contribution in [3.63, 3.8) is 0 Å². The first kappa shape index (κ1) is 17.1. The second-order valence-corrected chi connectivity index (χ2v) is 14.1. The van der Waals surface area contributed by atoms with Gasteiger partial charge < -0.3 is 4.43 Å². The molecule has 0 radical (unpaired) electrons. The zero-order valence-electron chi connectivity index (χ0n) is 15.2. The van der Waals surface area contributed by atoms with E-state index < -0.39 is 13.7 Å². The highest BCUT2D eigenvalue weighted by Crippen LogP contribution is 2.61. The maximum atomic E-state index is 13.0. The van der Waals surface area contributed by atoms with Crippen molar-refractivity contribution in [3.8, 4) is 0 Å². The van der Waals surface area contributed by atoms with Crippen LogP contribution in [0.1, 0.15) is 52.9 Å². The van der Waals surface area contributed by atoms with Gasteiger partial charge in [0.15, 0.2) is 8.32 Å². The number of carbonyl (C=O) groups excluding carboxylic acids is 2. The van der Waals surface area contributed by atoms with E-state index in [1.807, 2.05) is 0 Å². The van der Waals surface area contributed by atoms with Crippen molar-refractivity contribution in [2.45, 2.75) is 77.1 Å². The van der Waals surface area contributed by atoms with E-state index in [0.717, 1.165) is 18.4 Å². The van der Waals surface area contributed by atoms with E-state index in [4.69, 9.17) is 4.43 Å². The predicted octanol–water partition coefficient (Wildman–Crippen LogP) is 4.28. The summed E-state index contributed by atoms with van der Waals surface area (Å²) in [5.41, 5.74) is 0.432. The standard InChI is InChI=1S/C19H30O3Si/c1-12-14-11-19(17(12)22-23(5,6)18(2,3)4)13(10-15(14)20)8-7-9-16(19)21/h13-14,17H,1,7-11H2,2-6H3/t13?,14-,17?,19-/m1/s1.